The molecule has 0 unspecified atom stereocenters. The van der Waals surface area contributed by atoms with Crippen LogP contribution in [0.4, 0.5) is 32.0 Å². The fourth-order valence-electron chi connectivity index (χ4n) is 1.95. The summed E-state index contributed by atoms with van der Waals surface area (Å²) in [6, 6.07) is 8.67. The standard InChI is InChI=1S/C16H10F6N2OS/c17-15(18,19)10-6-11(16(20,21)22)8-12(7-10)23-14(26)24-13(25)9-4-2-1-3-5-9/h1-8H,(H2,23,24,25,26). The van der Waals surface area contributed by atoms with Crippen LogP contribution in [-0.2, 0) is 12.4 Å². The Morgan fingerprint density at radius 2 is 1.35 bits per heavy atom. The number of hydrogen-bond donors (Lipinski definition) is 2. The Morgan fingerprint density at radius 3 is 1.81 bits per heavy atom. The minimum absolute atomic E-state index is 0.00320. The number of nitrogens with one attached hydrogen (secondary N) is 2. The van der Waals surface area contributed by atoms with E-state index in [-0.39, 0.29) is 11.6 Å². The highest BCUT2D eigenvalue weighted by Gasteiger charge is 2.37. The van der Waals surface area contributed by atoms with E-state index in [1.54, 1.807) is 18.2 Å². The van der Waals surface area contributed by atoms with E-state index in [1.165, 1.54) is 12.1 Å². The molecule has 2 aromatic rings. The molecule has 10 heteroatoms. The minimum Gasteiger partial charge on any atom is -0.332 e. The molecule has 0 spiro atoms. The van der Waals surface area contributed by atoms with Gasteiger partial charge >= 0.3 is 12.4 Å². The highest BCUT2D eigenvalue weighted by molar-refractivity contribution is 7.80. The maximum absolute atomic E-state index is 12.8. The van der Waals surface area contributed by atoms with Crippen LogP contribution in [0.2, 0.25) is 0 Å². The van der Waals surface area contributed by atoms with Crippen LogP contribution in [0.3, 0.4) is 0 Å². The first-order chi connectivity index (χ1) is 12.0. The van der Waals surface area contributed by atoms with E-state index in [9.17, 15) is 31.1 Å². The summed E-state index contributed by atoms with van der Waals surface area (Å²) in [6.45, 7) is 0. The molecule has 0 heterocycles. The Hall–Kier alpha value is -2.62. The van der Waals surface area contributed by atoms with Crippen molar-refractivity contribution >= 4 is 28.9 Å². The second kappa shape index (κ2) is 7.32. The predicted molar refractivity (Wildman–Crippen MR) is 86.6 cm³/mol. The number of alkyl halides is 6. The molecule has 0 bridgehead atoms. The second-order valence-corrected chi connectivity index (χ2v) is 5.48. The monoisotopic (exact) mass is 392 g/mol. The number of carbonyl (C=O) groups is 1. The van der Waals surface area contributed by atoms with Crippen LogP contribution < -0.4 is 10.6 Å². The average molecular weight is 392 g/mol. The lowest BCUT2D eigenvalue weighted by Crippen LogP contribution is -2.34. The Balaban J connectivity index is 2.22. The number of thiocarbonyl (C=S) groups is 1. The molecule has 26 heavy (non-hydrogen) atoms. The molecule has 0 saturated heterocycles. The number of amides is 1. The molecule has 0 radical (unpaired) electrons. The van der Waals surface area contributed by atoms with E-state index >= 15 is 0 Å². The van der Waals surface area contributed by atoms with Crippen molar-refractivity contribution in [3.8, 4) is 0 Å². The molecule has 0 aliphatic rings. The van der Waals surface area contributed by atoms with Gasteiger partial charge in [0, 0.05) is 11.3 Å². The quantitative estimate of drug-likeness (QED) is 0.567. The smallest absolute Gasteiger partial charge is 0.332 e. The first kappa shape index (κ1) is 19.7. The maximum Gasteiger partial charge on any atom is 0.416 e. The van der Waals surface area contributed by atoms with E-state index in [2.05, 4.69) is 10.6 Å². The number of carbonyl (C=O) groups excluding carboxylic acids is 1. The molecule has 2 rings (SSSR count). The van der Waals surface area contributed by atoms with Crippen LogP contribution in [0.5, 0.6) is 0 Å². The van der Waals surface area contributed by atoms with Crippen molar-refractivity contribution in [1.82, 2.24) is 5.32 Å². The van der Waals surface area contributed by atoms with Crippen molar-refractivity contribution in [2.75, 3.05) is 5.32 Å². The van der Waals surface area contributed by atoms with Crippen LogP contribution in [0, 0.1) is 0 Å². The molecule has 0 aliphatic heterocycles. The lowest BCUT2D eigenvalue weighted by molar-refractivity contribution is -0.143. The molecule has 2 N–H and O–H groups in total. The number of benzene rings is 2. The van der Waals surface area contributed by atoms with Crippen LogP contribution in [0.1, 0.15) is 21.5 Å². The lowest BCUT2D eigenvalue weighted by Gasteiger charge is -2.16. The van der Waals surface area contributed by atoms with Crippen LogP contribution in [0.15, 0.2) is 48.5 Å². The summed E-state index contributed by atoms with van der Waals surface area (Å²) >= 11 is 4.78. The highest BCUT2D eigenvalue weighted by atomic mass is 32.1. The summed E-state index contributed by atoms with van der Waals surface area (Å²) in [5, 5.41) is 3.91. The van der Waals surface area contributed by atoms with Crippen molar-refractivity contribution in [2.24, 2.45) is 0 Å². The number of hydrogen-bond acceptors (Lipinski definition) is 2. The first-order valence-electron chi connectivity index (χ1n) is 6.93. The zero-order valence-electron chi connectivity index (χ0n) is 12.7. The van der Waals surface area contributed by atoms with Gasteiger partial charge < -0.3 is 5.32 Å². The van der Waals surface area contributed by atoms with Crippen molar-refractivity contribution in [3.63, 3.8) is 0 Å². The number of halogens is 6. The summed E-state index contributed by atoms with van der Waals surface area (Å²) in [5.74, 6) is -0.661. The molecule has 0 atom stereocenters. The fraction of sp³-hybridized carbons (Fsp3) is 0.125. The van der Waals surface area contributed by atoms with Gasteiger partial charge in [0.15, 0.2) is 5.11 Å². The van der Waals surface area contributed by atoms with Gasteiger partial charge in [0.2, 0.25) is 0 Å². The third-order valence-electron chi connectivity index (χ3n) is 3.11. The summed E-state index contributed by atoms with van der Waals surface area (Å²) in [4.78, 5) is 11.9. The molecule has 0 aliphatic carbocycles. The SMILES string of the molecule is O=C(NC(=S)Nc1cc(C(F)(F)F)cc(C(F)(F)F)c1)c1ccccc1. The van der Waals surface area contributed by atoms with Gasteiger partial charge in [-0.2, -0.15) is 26.3 Å². The molecule has 0 saturated carbocycles. The molecule has 1 amide bonds. The third-order valence-corrected chi connectivity index (χ3v) is 3.31. The Labute approximate surface area is 149 Å². The number of anilines is 1. The third kappa shape index (κ3) is 5.19. The zero-order valence-corrected chi connectivity index (χ0v) is 13.5. The van der Waals surface area contributed by atoms with E-state index < -0.39 is 40.2 Å². The molecular formula is C16H10F6N2OS. The topological polar surface area (TPSA) is 41.1 Å². The van der Waals surface area contributed by atoms with E-state index in [0.29, 0.717) is 12.1 Å². The van der Waals surface area contributed by atoms with Crippen molar-refractivity contribution in [1.29, 1.82) is 0 Å². The van der Waals surface area contributed by atoms with Gasteiger partial charge in [-0.1, -0.05) is 18.2 Å². The van der Waals surface area contributed by atoms with Crippen LogP contribution >= 0.6 is 12.2 Å². The predicted octanol–water partition coefficient (Wildman–Crippen LogP) is 4.85. The van der Waals surface area contributed by atoms with Gasteiger partial charge in [0.1, 0.15) is 0 Å². The zero-order chi connectivity index (χ0) is 19.5. The molecular weight excluding hydrogens is 382 g/mol. The van der Waals surface area contributed by atoms with Gasteiger partial charge in [-0.05, 0) is 42.5 Å². The Bertz CT molecular complexity index is 785. The number of rotatable bonds is 2. The summed E-state index contributed by atoms with van der Waals surface area (Å²) in [7, 11) is 0. The van der Waals surface area contributed by atoms with E-state index in [1.807, 2.05) is 0 Å². The highest BCUT2D eigenvalue weighted by Crippen LogP contribution is 2.37. The van der Waals surface area contributed by atoms with Gasteiger partial charge in [0.25, 0.3) is 5.91 Å². The molecule has 3 nitrogen and oxygen atoms in total. The van der Waals surface area contributed by atoms with Gasteiger partial charge in [-0.25, -0.2) is 0 Å². The van der Waals surface area contributed by atoms with Crippen LogP contribution in [-0.4, -0.2) is 11.0 Å². The lowest BCUT2D eigenvalue weighted by atomic mass is 10.1. The van der Waals surface area contributed by atoms with Crippen molar-refractivity contribution in [3.05, 3.63) is 65.2 Å². The van der Waals surface area contributed by atoms with Gasteiger partial charge in [0.05, 0.1) is 11.1 Å². The Morgan fingerprint density at radius 1 is 0.846 bits per heavy atom. The van der Waals surface area contributed by atoms with E-state index in [0.717, 1.165) is 0 Å². The summed E-state index contributed by atoms with van der Waals surface area (Å²) in [6.07, 6.45) is -9.96. The minimum atomic E-state index is -4.98. The summed E-state index contributed by atoms with van der Waals surface area (Å²) < 4.78 is 76.8. The van der Waals surface area contributed by atoms with Gasteiger partial charge in [-0.15, -0.1) is 0 Å². The normalized spacial score (nSPS) is 11.8. The molecule has 0 aromatic heterocycles. The van der Waals surface area contributed by atoms with Crippen molar-refractivity contribution < 1.29 is 31.1 Å². The first-order valence-corrected chi connectivity index (χ1v) is 7.34. The van der Waals surface area contributed by atoms with Crippen LogP contribution in [0.25, 0.3) is 0 Å². The second-order valence-electron chi connectivity index (χ2n) is 5.07. The summed E-state index contributed by atoms with van der Waals surface area (Å²) in [5.41, 5.74) is -3.32. The van der Waals surface area contributed by atoms with Crippen molar-refractivity contribution in [2.45, 2.75) is 12.4 Å². The Kier molecular flexibility index (Phi) is 5.55. The largest absolute Gasteiger partial charge is 0.416 e. The molecule has 2 aromatic carbocycles. The fourth-order valence-corrected chi connectivity index (χ4v) is 2.16. The molecule has 0 fully saturated rings. The van der Waals surface area contributed by atoms with E-state index in [4.69, 9.17) is 12.2 Å². The van der Waals surface area contributed by atoms with Gasteiger partial charge in [-0.3, -0.25) is 10.1 Å². The maximum atomic E-state index is 12.8. The molecule has 138 valence electrons. The average Bonchev–Trinajstić information content (AvgIpc) is 2.53.